The Labute approximate surface area is 139 Å². The van der Waals surface area contributed by atoms with Crippen LogP contribution in [0.15, 0.2) is 27.8 Å². The van der Waals surface area contributed by atoms with Gasteiger partial charge in [0.2, 0.25) is 0 Å². The summed E-state index contributed by atoms with van der Waals surface area (Å²) in [4.78, 5) is 15.9. The van der Waals surface area contributed by atoms with E-state index in [0.717, 1.165) is 12.4 Å². The van der Waals surface area contributed by atoms with Crippen molar-refractivity contribution in [3.8, 4) is 0 Å². The van der Waals surface area contributed by atoms with Crippen LogP contribution in [0.1, 0.15) is 56.5 Å². The first-order valence-electron chi connectivity index (χ1n) is 8.46. The van der Waals surface area contributed by atoms with E-state index in [2.05, 4.69) is 34.8 Å². The van der Waals surface area contributed by atoms with Crippen LogP contribution in [-0.2, 0) is 0 Å². The van der Waals surface area contributed by atoms with Crippen molar-refractivity contribution in [1.82, 2.24) is 16.0 Å². The maximum absolute atomic E-state index is 11.7. The fourth-order valence-corrected chi connectivity index (χ4v) is 2.23. The standard InChI is InChI=1S/C17H30N4O2/c1-4-5-6-7-9-14(2)21-17(18-3)20-12-11-19-16(22)15-10-8-13-23-15/h8,10,13-14H,4-7,9,11-12H2,1-3H3,(H,19,22)(H2,18,20,21). The Hall–Kier alpha value is -1.98. The lowest BCUT2D eigenvalue weighted by Crippen LogP contribution is -2.44. The Bertz CT molecular complexity index is 457. The van der Waals surface area contributed by atoms with Crippen LogP contribution in [0.3, 0.4) is 0 Å². The molecule has 1 atom stereocenters. The van der Waals surface area contributed by atoms with Crippen molar-refractivity contribution in [1.29, 1.82) is 0 Å². The van der Waals surface area contributed by atoms with Crippen LogP contribution in [0.5, 0.6) is 0 Å². The average molecular weight is 322 g/mol. The molecule has 1 amide bonds. The third-order valence-corrected chi connectivity index (χ3v) is 3.55. The molecule has 0 radical (unpaired) electrons. The number of guanidine groups is 1. The highest BCUT2D eigenvalue weighted by atomic mass is 16.3. The van der Waals surface area contributed by atoms with Crippen LogP contribution in [0.4, 0.5) is 0 Å². The Morgan fingerprint density at radius 3 is 2.70 bits per heavy atom. The largest absolute Gasteiger partial charge is 0.459 e. The summed E-state index contributed by atoms with van der Waals surface area (Å²) in [6.45, 7) is 5.50. The van der Waals surface area contributed by atoms with Gasteiger partial charge >= 0.3 is 0 Å². The van der Waals surface area contributed by atoms with Crippen molar-refractivity contribution in [2.45, 2.75) is 52.0 Å². The van der Waals surface area contributed by atoms with Crippen molar-refractivity contribution in [2.75, 3.05) is 20.1 Å². The van der Waals surface area contributed by atoms with Crippen LogP contribution in [0, 0.1) is 0 Å². The quantitative estimate of drug-likeness (QED) is 0.351. The van der Waals surface area contributed by atoms with Crippen LogP contribution < -0.4 is 16.0 Å². The highest BCUT2D eigenvalue weighted by Crippen LogP contribution is 2.05. The van der Waals surface area contributed by atoms with Gasteiger partial charge < -0.3 is 20.4 Å². The molecule has 23 heavy (non-hydrogen) atoms. The number of nitrogens with one attached hydrogen (secondary N) is 3. The summed E-state index contributed by atoms with van der Waals surface area (Å²) in [6.07, 6.45) is 7.70. The van der Waals surface area contributed by atoms with Gasteiger partial charge in [0.05, 0.1) is 6.26 Å². The van der Waals surface area contributed by atoms with E-state index in [4.69, 9.17) is 4.42 Å². The van der Waals surface area contributed by atoms with Gasteiger partial charge in [-0.1, -0.05) is 32.6 Å². The van der Waals surface area contributed by atoms with E-state index in [0.29, 0.717) is 24.9 Å². The number of furan rings is 1. The van der Waals surface area contributed by atoms with Crippen molar-refractivity contribution >= 4 is 11.9 Å². The average Bonchev–Trinajstić information content (AvgIpc) is 3.08. The number of carbonyl (C=O) groups is 1. The highest BCUT2D eigenvalue weighted by molar-refractivity contribution is 5.91. The van der Waals surface area contributed by atoms with Gasteiger partial charge in [0.15, 0.2) is 11.7 Å². The number of aliphatic imine (C=N–C) groups is 1. The van der Waals surface area contributed by atoms with Gasteiger partial charge in [0.25, 0.3) is 5.91 Å². The van der Waals surface area contributed by atoms with Gasteiger partial charge in [-0.15, -0.1) is 0 Å². The van der Waals surface area contributed by atoms with Crippen LogP contribution in [0.2, 0.25) is 0 Å². The third kappa shape index (κ3) is 8.28. The van der Waals surface area contributed by atoms with Gasteiger partial charge in [-0.05, 0) is 25.5 Å². The molecule has 0 aromatic carbocycles. The monoisotopic (exact) mass is 322 g/mol. The lowest BCUT2D eigenvalue weighted by molar-refractivity contribution is 0.0926. The molecule has 6 nitrogen and oxygen atoms in total. The first-order chi connectivity index (χ1) is 11.2. The van der Waals surface area contributed by atoms with Gasteiger partial charge in [0.1, 0.15) is 0 Å². The fourth-order valence-electron chi connectivity index (χ4n) is 2.23. The van der Waals surface area contributed by atoms with Crippen molar-refractivity contribution in [2.24, 2.45) is 4.99 Å². The minimum atomic E-state index is -0.205. The molecule has 1 unspecified atom stereocenters. The second-order valence-corrected chi connectivity index (χ2v) is 5.63. The summed E-state index contributed by atoms with van der Waals surface area (Å²) < 4.78 is 5.03. The molecule has 0 aliphatic rings. The zero-order valence-electron chi connectivity index (χ0n) is 14.5. The first kappa shape index (κ1) is 19.1. The van der Waals surface area contributed by atoms with E-state index in [1.165, 1.54) is 31.9 Å². The highest BCUT2D eigenvalue weighted by Gasteiger charge is 2.08. The third-order valence-electron chi connectivity index (χ3n) is 3.55. The molecule has 1 aromatic rings. The minimum Gasteiger partial charge on any atom is -0.459 e. The van der Waals surface area contributed by atoms with Gasteiger partial charge in [-0.25, -0.2) is 0 Å². The Balaban J connectivity index is 2.15. The molecular weight excluding hydrogens is 292 g/mol. The molecule has 0 saturated heterocycles. The van der Waals surface area contributed by atoms with Crippen molar-refractivity contribution in [3.63, 3.8) is 0 Å². The van der Waals surface area contributed by atoms with Crippen LogP contribution in [0.25, 0.3) is 0 Å². The molecule has 0 bridgehead atoms. The van der Waals surface area contributed by atoms with Gasteiger partial charge in [-0.2, -0.15) is 0 Å². The van der Waals surface area contributed by atoms with E-state index in [1.54, 1.807) is 19.2 Å². The smallest absolute Gasteiger partial charge is 0.287 e. The second-order valence-electron chi connectivity index (χ2n) is 5.63. The van der Waals surface area contributed by atoms with Crippen molar-refractivity contribution in [3.05, 3.63) is 24.2 Å². The summed E-state index contributed by atoms with van der Waals surface area (Å²) in [7, 11) is 1.75. The molecule has 0 fully saturated rings. The lowest BCUT2D eigenvalue weighted by Gasteiger charge is -2.18. The number of nitrogens with zero attached hydrogens (tertiary/aromatic N) is 1. The first-order valence-corrected chi connectivity index (χ1v) is 8.46. The zero-order valence-corrected chi connectivity index (χ0v) is 14.5. The summed E-state index contributed by atoms with van der Waals surface area (Å²) >= 11 is 0. The summed E-state index contributed by atoms with van der Waals surface area (Å²) in [5, 5.41) is 9.35. The van der Waals surface area contributed by atoms with Crippen LogP contribution >= 0.6 is 0 Å². The van der Waals surface area contributed by atoms with E-state index >= 15 is 0 Å². The molecule has 130 valence electrons. The molecule has 0 aliphatic carbocycles. The number of unbranched alkanes of at least 4 members (excludes halogenated alkanes) is 3. The summed E-state index contributed by atoms with van der Waals surface area (Å²) in [5.74, 6) is 0.887. The topological polar surface area (TPSA) is 78.7 Å². The van der Waals surface area contributed by atoms with E-state index in [-0.39, 0.29) is 5.91 Å². The molecule has 3 N–H and O–H groups in total. The number of rotatable bonds is 10. The molecule has 1 aromatic heterocycles. The van der Waals surface area contributed by atoms with E-state index < -0.39 is 0 Å². The maximum Gasteiger partial charge on any atom is 0.287 e. The summed E-state index contributed by atoms with van der Waals surface area (Å²) in [6, 6.07) is 3.72. The Morgan fingerprint density at radius 2 is 2.04 bits per heavy atom. The Kier molecular flexibility index (Phi) is 9.59. The van der Waals surface area contributed by atoms with E-state index in [9.17, 15) is 4.79 Å². The normalized spacial score (nSPS) is 12.7. The number of hydrogen-bond acceptors (Lipinski definition) is 3. The van der Waals surface area contributed by atoms with Gasteiger partial charge in [-0.3, -0.25) is 9.79 Å². The molecular formula is C17H30N4O2. The SMILES string of the molecule is CCCCCCC(C)NC(=NC)NCCNC(=O)c1ccco1. The molecule has 0 spiro atoms. The van der Waals surface area contributed by atoms with Gasteiger partial charge in [0, 0.05) is 26.2 Å². The van der Waals surface area contributed by atoms with Crippen molar-refractivity contribution < 1.29 is 9.21 Å². The minimum absolute atomic E-state index is 0.205. The second kappa shape index (κ2) is 11.6. The number of hydrogen-bond donors (Lipinski definition) is 3. The molecule has 0 saturated carbocycles. The Morgan fingerprint density at radius 1 is 1.26 bits per heavy atom. The number of carbonyl (C=O) groups excluding carboxylic acids is 1. The lowest BCUT2D eigenvalue weighted by atomic mass is 10.1. The summed E-state index contributed by atoms with van der Waals surface area (Å²) in [5.41, 5.74) is 0. The molecule has 1 heterocycles. The number of amides is 1. The molecule has 6 heteroatoms. The zero-order chi connectivity index (χ0) is 16.9. The maximum atomic E-state index is 11.7. The predicted molar refractivity (Wildman–Crippen MR) is 93.8 cm³/mol. The molecule has 0 aliphatic heterocycles. The van der Waals surface area contributed by atoms with Crippen LogP contribution in [-0.4, -0.2) is 38.0 Å². The predicted octanol–water partition coefficient (Wildman–Crippen LogP) is 2.53. The molecule has 1 rings (SSSR count). The van der Waals surface area contributed by atoms with E-state index in [1.807, 2.05) is 0 Å². The fraction of sp³-hybridized carbons (Fsp3) is 0.647.